The molecule has 0 aliphatic carbocycles. The molecule has 12 nitrogen and oxygen atoms in total. The molecule has 0 spiro atoms. The summed E-state index contributed by atoms with van der Waals surface area (Å²) in [6.07, 6.45) is 1.54. The van der Waals surface area contributed by atoms with E-state index in [-0.39, 0.29) is 18.4 Å². The van der Waals surface area contributed by atoms with Gasteiger partial charge in [-0.25, -0.2) is 9.78 Å². The van der Waals surface area contributed by atoms with E-state index in [2.05, 4.69) is 20.4 Å². The van der Waals surface area contributed by atoms with E-state index < -0.39 is 11.7 Å². The number of aromatic nitrogens is 4. The third kappa shape index (κ3) is 4.32. The van der Waals surface area contributed by atoms with Crippen LogP contribution >= 0.6 is 0 Å². The molecule has 7 N–H and O–H groups in total. The molecular weight excluding hydrogens is 464 g/mol. The SMILES string of the molecule is COc1cc([C@H](Nc2ccc(C(=N)N)cc2)c2nn(-c3cccnc3N)c(=O)[nH]2)cc2c1OCOC2. The minimum absolute atomic E-state index is 0.0327. The van der Waals surface area contributed by atoms with Crippen LogP contribution in [-0.4, -0.2) is 39.5 Å². The summed E-state index contributed by atoms with van der Waals surface area (Å²) in [7, 11) is 1.56. The van der Waals surface area contributed by atoms with Crippen LogP contribution in [0.1, 0.15) is 28.6 Å². The van der Waals surface area contributed by atoms with Crippen molar-refractivity contribution in [3.63, 3.8) is 0 Å². The van der Waals surface area contributed by atoms with Crippen molar-refractivity contribution in [2.75, 3.05) is 25.0 Å². The topological polar surface area (TPSA) is 179 Å². The first-order chi connectivity index (χ1) is 17.4. The summed E-state index contributed by atoms with van der Waals surface area (Å²) in [6.45, 7) is 0.480. The number of hydrogen-bond acceptors (Lipinski definition) is 9. The molecule has 0 unspecified atom stereocenters. The largest absolute Gasteiger partial charge is 0.493 e. The molecule has 3 heterocycles. The minimum atomic E-state index is -0.610. The van der Waals surface area contributed by atoms with Gasteiger partial charge in [0.15, 0.2) is 24.1 Å². The highest BCUT2D eigenvalue weighted by Crippen LogP contribution is 2.38. The highest BCUT2D eigenvalue weighted by Gasteiger charge is 2.25. The van der Waals surface area contributed by atoms with Crippen molar-refractivity contribution < 1.29 is 14.2 Å². The Kier molecular flexibility index (Phi) is 6.00. The van der Waals surface area contributed by atoms with Crippen LogP contribution in [0, 0.1) is 5.41 Å². The van der Waals surface area contributed by atoms with Gasteiger partial charge < -0.3 is 31.0 Å². The van der Waals surface area contributed by atoms with Crippen molar-refractivity contribution in [3.8, 4) is 17.2 Å². The van der Waals surface area contributed by atoms with E-state index in [1.165, 1.54) is 10.9 Å². The molecule has 0 saturated heterocycles. The van der Waals surface area contributed by atoms with Crippen molar-refractivity contribution in [1.82, 2.24) is 19.7 Å². The van der Waals surface area contributed by atoms with Crippen LogP contribution in [0.5, 0.6) is 11.5 Å². The summed E-state index contributed by atoms with van der Waals surface area (Å²) in [4.78, 5) is 19.8. The zero-order valence-corrected chi connectivity index (χ0v) is 19.3. The predicted molar refractivity (Wildman–Crippen MR) is 133 cm³/mol. The van der Waals surface area contributed by atoms with E-state index in [0.717, 1.165) is 11.1 Å². The van der Waals surface area contributed by atoms with Crippen molar-refractivity contribution >= 4 is 17.3 Å². The number of aromatic amines is 1. The zero-order valence-electron chi connectivity index (χ0n) is 19.3. The fourth-order valence-electron chi connectivity index (χ4n) is 3.97. The number of benzene rings is 2. The molecule has 0 radical (unpaired) electrons. The number of rotatable bonds is 7. The summed E-state index contributed by atoms with van der Waals surface area (Å²) in [6, 6.07) is 13.5. The monoisotopic (exact) mass is 488 g/mol. The summed E-state index contributed by atoms with van der Waals surface area (Å²) in [5.74, 6) is 1.61. The standard InChI is InChI=1S/C24H24N8O4/c1-34-18-10-14(9-15-11-35-12-36-20(15)18)19(29-16-6-4-13(5-7-16)21(25)26)23-30-24(33)32(31-23)17-3-2-8-28-22(17)27/h2-10,19,29H,11-12H2,1H3,(H3,25,26)(H2,27,28)(H,30,31,33)/t19-/m0/s1. The highest BCUT2D eigenvalue weighted by molar-refractivity contribution is 5.95. The second-order valence-electron chi connectivity index (χ2n) is 8.03. The Morgan fingerprint density at radius 2 is 2.08 bits per heavy atom. The summed E-state index contributed by atoms with van der Waals surface area (Å²) in [5.41, 5.74) is 14.3. The predicted octanol–water partition coefficient (Wildman–Crippen LogP) is 1.90. The maximum absolute atomic E-state index is 12.9. The Bertz CT molecular complexity index is 1460. The van der Waals surface area contributed by atoms with Gasteiger partial charge in [-0.05, 0) is 54.1 Å². The van der Waals surface area contributed by atoms with Gasteiger partial charge in [0.1, 0.15) is 23.4 Å². The average molecular weight is 489 g/mol. The highest BCUT2D eigenvalue weighted by atomic mass is 16.7. The molecule has 12 heteroatoms. The Morgan fingerprint density at radius 1 is 1.28 bits per heavy atom. The first-order valence-electron chi connectivity index (χ1n) is 11.0. The Morgan fingerprint density at radius 3 is 2.81 bits per heavy atom. The number of nitrogens with one attached hydrogen (secondary N) is 3. The lowest BCUT2D eigenvalue weighted by molar-refractivity contribution is -0.0180. The van der Waals surface area contributed by atoms with Gasteiger partial charge in [0, 0.05) is 23.0 Å². The molecule has 1 atom stereocenters. The summed E-state index contributed by atoms with van der Waals surface area (Å²) in [5, 5.41) is 15.6. The van der Waals surface area contributed by atoms with E-state index in [1.807, 2.05) is 12.1 Å². The van der Waals surface area contributed by atoms with Gasteiger partial charge in [0.2, 0.25) is 0 Å². The lowest BCUT2D eigenvalue weighted by atomic mass is 10.0. The fourth-order valence-corrected chi connectivity index (χ4v) is 3.97. The smallest absolute Gasteiger partial charge is 0.348 e. The number of pyridine rings is 1. The molecule has 2 aromatic heterocycles. The number of fused-ring (bicyclic) bond motifs is 1. The van der Waals surface area contributed by atoms with Crippen LogP contribution in [0.3, 0.4) is 0 Å². The molecule has 1 aliphatic heterocycles. The Balaban J connectivity index is 1.62. The minimum Gasteiger partial charge on any atom is -0.493 e. The van der Waals surface area contributed by atoms with Crippen LogP contribution in [0.2, 0.25) is 0 Å². The molecule has 36 heavy (non-hydrogen) atoms. The molecule has 0 bridgehead atoms. The first-order valence-corrected chi connectivity index (χ1v) is 11.0. The van der Waals surface area contributed by atoms with Gasteiger partial charge in [-0.1, -0.05) is 0 Å². The van der Waals surface area contributed by atoms with Gasteiger partial charge in [-0.2, -0.15) is 4.68 Å². The summed E-state index contributed by atoms with van der Waals surface area (Å²) < 4.78 is 17.8. The lowest BCUT2D eigenvalue weighted by Crippen LogP contribution is -2.18. The van der Waals surface area contributed by atoms with Gasteiger partial charge >= 0.3 is 5.69 Å². The molecule has 5 rings (SSSR count). The number of anilines is 2. The van der Waals surface area contributed by atoms with Crippen LogP contribution in [0.4, 0.5) is 11.5 Å². The number of hydrogen-bond donors (Lipinski definition) is 5. The third-order valence-electron chi connectivity index (χ3n) is 5.71. The van der Waals surface area contributed by atoms with Gasteiger partial charge in [0.05, 0.1) is 13.7 Å². The van der Waals surface area contributed by atoms with Crippen molar-refractivity contribution in [2.45, 2.75) is 12.6 Å². The van der Waals surface area contributed by atoms with Crippen molar-refractivity contribution in [1.29, 1.82) is 5.41 Å². The van der Waals surface area contributed by atoms with Crippen molar-refractivity contribution in [3.05, 3.63) is 87.7 Å². The van der Waals surface area contributed by atoms with E-state index >= 15 is 0 Å². The third-order valence-corrected chi connectivity index (χ3v) is 5.71. The molecule has 0 amide bonds. The molecule has 1 aliphatic rings. The van der Waals surface area contributed by atoms with Crippen LogP contribution in [0.15, 0.2) is 59.5 Å². The maximum atomic E-state index is 12.9. The van der Waals surface area contributed by atoms with Gasteiger partial charge in [-0.15, -0.1) is 5.10 Å². The van der Waals surface area contributed by atoms with Crippen LogP contribution in [0.25, 0.3) is 5.69 Å². The second kappa shape index (κ2) is 9.43. The number of nitrogens with zero attached hydrogens (tertiary/aromatic N) is 3. The Labute approximate surface area is 205 Å². The van der Waals surface area contributed by atoms with Gasteiger partial charge in [-0.3, -0.25) is 10.4 Å². The van der Waals surface area contributed by atoms with E-state index in [1.54, 1.807) is 43.5 Å². The molecule has 4 aromatic rings. The number of methoxy groups -OCH3 is 1. The average Bonchev–Trinajstić information content (AvgIpc) is 3.27. The normalized spacial score (nSPS) is 13.4. The van der Waals surface area contributed by atoms with E-state index in [4.69, 9.17) is 31.1 Å². The number of nitrogens with two attached hydrogens (primary N) is 2. The second-order valence-corrected chi connectivity index (χ2v) is 8.03. The summed E-state index contributed by atoms with van der Waals surface area (Å²) >= 11 is 0. The number of ether oxygens (including phenoxy) is 3. The van der Waals surface area contributed by atoms with E-state index in [9.17, 15) is 4.79 Å². The number of amidine groups is 1. The quantitative estimate of drug-likeness (QED) is 0.192. The molecule has 0 fully saturated rings. The molecule has 0 saturated carbocycles. The molecule has 184 valence electrons. The number of H-pyrrole nitrogens is 1. The van der Waals surface area contributed by atoms with Gasteiger partial charge in [0.25, 0.3) is 0 Å². The number of nitrogen functional groups attached to an aromatic ring is 2. The Hall–Kier alpha value is -4.84. The molecular formula is C24H24N8O4. The van der Waals surface area contributed by atoms with Crippen LogP contribution < -0.4 is 31.9 Å². The van der Waals surface area contributed by atoms with E-state index in [0.29, 0.717) is 40.9 Å². The lowest BCUT2D eigenvalue weighted by Gasteiger charge is -2.24. The fraction of sp³-hybridized carbons (Fsp3) is 0.167. The first kappa shape index (κ1) is 22.9. The zero-order chi connectivity index (χ0) is 25.2. The maximum Gasteiger partial charge on any atom is 0.348 e. The van der Waals surface area contributed by atoms with Crippen molar-refractivity contribution in [2.24, 2.45) is 5.73 Å². The molecule has 2 aromatic carbocycles. The van der Waals surface area contributed by atoms with Crippen LogP contribution in [-0.2, 0) is 11.3 Å².